The maximum absolute atomic E-state index is 12.2. The van der Waals surface area contributed by atoms with E-state index in [2.05, 4.69) is 22.8 Å². The Hall–Kier alpha value is -2.86. The molecule has 150 valence electrons. The molecule has 3 N–H and O–H groups in total. The minimum absolute atomic E-state index is 0.0460. The van der Waals surface area contributed by atoms with Crippen molar-refractivity contribution in [3.8, 4) is 5.75 Å². The summed E-state index contributed by atoms with van der Waals surface area (Å²) < 4.78 is 5.10. The molecular formula is C22H30N3O3+. The highest BCUT2D eigenvalue weighted by Gasteiger charge is 2.16. The lowest BCUT2D eigenvalue weighted by Crippen LogP contribution is -3.11. The predicted molar refractivity (Wildman–Crippen MR) is 111 cm³/mol. The minimum Gasteiger partial charge on any atom is -0.497 e. The van der Waals surface area contributed by atoms with Crippen LogP contribution in [0.4, 0.5) is 5.69 Å². The number of nitrogens with one attached hydrogen (secondary N) is 3. The van der Waals surface area contributed by atoms with Gasteiger partial charge in [0.05, 0.1) is 14.2 Å². The van der Waals surface area contributed by atoms with Crippen LogP contribution < -0.4 is 20.3 Å². The summed E-state index contributed by atoms with van der Waals surface area (Å²) in [6.45, 7) is 2.48. The Balaban J connectivity index is 1.68. The zero-order valence-corrected chi connectivity index (χ0v) is 16.8. The van der Waals surface area contributed by atoms with E-state index in [1.54, 1.807) is 31.4 Å². The third-order valence-corrected chi connectivity index (χ3v) is 4.41. The molecular weight excluding hydrogens is 354 g/mol. The van der Waals surface area contributed by atoms with Crippen LogP contribution in [0, 0.1) is 0 Å². The number of carbonyl (C=O) groups is 2. The molecule has 2 aromatic rings. The molecule has 0 aromatic heterocycles. The maximum Gasteiger partial charge on any atom is 0.279 e. The molecule has 2 amide bonds. The van der Waals surface area contributed by atoms with E-state index in [1.807, 2.05) is 32.2 Å². The van der Waals surface area contributed by atoms with Gasteiger partial charge in [-0.1, -0.05) is 30.3 Å². The summed E-state index contributed by atoms with van der Waals surface area (Å²) in [6.07, 6.45) is 1.81. The zero-order valence-electron chi connectivity index (χ0n) is 16.8. The SMILES string of the molecule is COc1ccc(NC(=O)C[NH+](C)CC(=O)N[C@@H](C)CCc2ccccc2)cc1. The van der Waals surface area contributed by atoms with E-state index >= 15 is 0 Å². The second kappa shape index (κ2) is 11.1. The van der Waals surface area contributed by atoms with Crippen molar-refractivity contribution in [1.82, 2.24) is 5.32 Å². The number of hydrogen-bond donors (Lipinski definition) is 3. The zero-order chi connectivity index (χ0) is 20.4. The highest BCUT2D eigenvalue weighted by molar-refractivity contribution is 5.91. The van der Waals surface area contributed by atoms with Gasteiger partial charge in [-0.3, -0.25) is 9.59 Å². The number of likely N-dealkylation sites (N-methyl/N-ethyl adjacent to an activating group) is 1. The Bertz CT molecular complexity index is 747. The van der Waals surface area contributed by atoms with Crippen molar-refractivity contribution in [2.45, 2.75) is 25.8 Å². The molecule has 0 heterocycles. The van der Waals surface area contributed by atoms with Crippen molar-refractivity contribution in [3.63, 3.8) is 0 Å². The average molecular weight is 385 g/mol. The summed E-state index contributed by atoms with van der Waals surface area (Å²) in [4.78, 5) is 25.2. The third kappa shape index (κ3) is 7.80. The van der Waals surface area contributed by atoms with Gasteiger partial charge in [0.1, 0.15) is 5.75 Å². The molecule has 0 aliphatic rings. The molecule has 0 aliphatic heterocycles. The highest BCUT2D eigenvalue weighted by Crippen LogP contribution is 2.14. The van der Waals surface area contributed by atoms with Crippen molar-refractivity contribution in [1.29, 1.82) is 0 Å². The van der Waals surface area contributed by atoms with Gasteiger partial charge in [0.15, 0.2) is 13.1 Å². The molecule has 0 saturated heterocycles. The molecule has 0 fully saturated rings. The number of amides is 2. The van der Waals surface area contributed by atoms with E-state index < -0.39 is 0 Å². The van der Waals surface area contributed by atoms with E-state index in [0.717, 1.165) is 23.5 Å². The smallest absolute Gasteiger partial charge is 0.279 e. The lowest BCUT2D eigenvalue weighted by molar-refractivity contribution is -0.862. The van der Waals surface area contributed by atoms with E-state index in [1.165, 1.54) is 5.56 Å². The number of rotatable bonds is 10. The summed E-state index contributed by atoms with van der Waals surface area (Å²) in [6, 6.07) is 17.5. The first-order valence-electron chi connectivity index (χ1n) is 9.54. The van der Waals surface area contributed by atoms with Crippen molar-refractivity contribution < 1.29 is 19.2 Å². The number of anilines is 1. The van der Waals surface area contributed by atoms with Crippen LogP contribution >= 0.6 is 0 Å². The van der Waals surface area contributed by atoms with Gasteiger partial charge in [-0.15, -0.1) is 0 Å². The molecule has 2 aromatic carbocycles. The second-order valence-electron chi connectivity index (χ2n) is 7.08. The van der Waals surface area contributed by atoms with Crippen LogP contribution in [0.2, 0.25) is 0 Å². The fourth-order valence-corrected chi connectivity index (χ4v) is 2.92. The largest absolute Gasteiger partial charge is 0.497 e. The molecule has 6 nitrogen and oxygen atoms in total. The normalized spacial score (nSPS) is 12.7. The van der Waals surface area contributed by atoms with Gasteiger partial charge in [-0.2, -0.15) is 0 Å². The Morgan fingerprint density at radius 3 is 2.29 bits per heavy atom. The van der Waals surface area contributed by atoms with E-state index in [4.69, 9.17) is 4.74 Å². The van der Waals surface area contributed by atoms with Gasteiger partial charge in [0, 0.05) is 11.7 Å². The van der Waals surface area contributed by atoms with E-state index in [-0.39, 0.29) is 30.9 Å². The van der Waals surface area contributed by atoms with Gasteiger partial charge in [0.25, 0.3) is 11.8 Å². The minimum atomic E-state index is -0.132. The van der Waals surface area contributed by atoms with E-state index in [9.17, 15) is 9.59 Å². The quantitative estimate of drug-likeness (QED) is 0.578. The number of hydrogen-bond acceptors (Lipinski definition) is 3. The summed E-state index contributed by atoms with van der Waals surface area (Å²) >= 11 is 0. The monoisotopic (exact) mass is 384 g/mol. The lowest BCUT2D eigenvalue weighted by atomic mass is 10.1. The molecule has 0 bridgehead atoms. The Kier molecular flexibility index (Phi) is 8.49. The van der Waals surface area contributed by atoms with Crippen LogP contribution in [0.5, 0.6) is 5.75 Å². The first-order chi connectivity index (χ1) is 13.5. The summed E-state index contributed by atoms with van der Waals surface area (Å²) in [5.41, 5.74) is 1.97. The predicted octanol–water partition coefficient (Wildman–Crippen LogP) is 1.29. The molecule has 28 heavy (non-hydrogen) atoms. The van der Waals surface area contributed by atoms with Crippen LogP contribution in [-0.2, 0) is 16.0 Å². The van der Waals surface area contributed by atoms with Crippen molar-refractivity contribution in [2.75, 3.05) is 32.6 Å². The molecule has 2 atom stereocenters. The average Bonchev–Trinajstić information content (AvgIpc) is 2.67. The molecule has 0 radical (unpaired) electrons. The second-order valence-corrected chi connectivity index (χ2v) is 7.08. The summed E-state index contributed by atoms with van der Waals surface area (Å²) in [7, 11) is 3.43. The number of quaternary nitrogens is 1. The number of ether oxygens (including phenoxy) is 1. The molecule has 2 rings (SSSR count). The highest BCUT2D eigenvalue weighted by atomic mass is 16.5. The topological polar surface area (TPSA) is 71.9 Å². The van der Waals surface area contributed by atoms with Crippen LogP contribution in [-0.4, -0.2) is 45.1 Å². The lowest BCUT2D eigenvalue weighted by Gasteiger charge is -2.17. The van der Waals surface area contributed by atoms with Crippen molar-refractivity contribution >= 4 is 17.5 Å². The van der Waals surface area contributed by atoms with Crippen LogP contribution in [0.15, 0.2) is 54.6 Å². The van der Waals surface area contributed by atoms with Crippen molar-refractivity contribution in [3.05, 3.63) is 60.2 Å². The van der Waals surface area contributed by atoms with Crippen LogP contribution in [0.3, 0.4) is 0 Å². The number of aryl methyl sites for hydroxylation is 1. The van der Waals surface area contributed by atoms with Crippen LogP contribution in [0.25, 0.3) is 0 Å². The van der Waals surface area contributed by atoms with Gasteiger partial charge in [-0.05, 0) is 49.6 Å². The van der Waals surface area contributed by atoms with Crippen molar-refractivity contribution in [2.24, 2.45) is 0 Å². The fraction of sp³-hybridized carbons (Fsp3) is 0.364. The summed E-state index contributed by atoms with van der Waals surface area (Å²) in [5.74, 6) is 0.557. The number of benzene rings is 2. The van der Waals surface area contributed by atoms with Gasteiger partial charge in [0.2, 0.25) is 0 Å². The van der Waals surface area contributed by atoms with Gasteiger partial charge >= 0.3 is 0 Å². The molecule has 0 aliphatic carbocycles. The molecule has 0 spiro atoms. The van der Waals surface area contributed by atoms with Crippen LogP contribution in [0.1, 0.15) is 18.9 Å². The molecule has 1 unspecified atom stereocenters. The Morgan fingerprint density at radius 1 is 1.00 bits per heavy atom. The van der Waals surface area contributed by atoms with Gasteiger partial charge in [-0.25, -0.2) is 0 Å². The molecule has 0 saturated carbocycles. The summed E-state index contributed by atoms with van der Waals surface area (Å²) in [5, 5.41) is 5.84. The number of carbonyl (C=O) groups excluding carboxylic acids is 2. The maximum atomic E-state index is 12.2. The third-order valence-electron chi connectivity index (χ3n) is 4.41. The Labute approximate surface area is 166 Å². The standard InChI is InChI=1S/C22H29N3O3/c1-17(9-10-18-7-5-4-6-8-18)23-21(26)15-25(2)16-22(27)24-19-11-13-20(28-3)14-12-19/h4-8,11-14,17H,9-10,15-16H2,1-3H3,(H,23,26)(H,24,27)/p+1/t17-/m0/s1. The first kappa shape index (κ1) is 21.4. The first-order valence-corrected chi connectivity index (χ1v) is 9.54. The molecule has 6 heteroatoms. The number of methoxy groups -OCH3 is 1. The Morgan fingerprint density at radius 2 is 1.64 bits per heavy atom. The van der Waals surface area contributed by atoms with Gasteiger partial charge < -0.3 is 20.3 Å². The van der Waals surface area contributed by atoms with E-state index in [0.29, 0.717) is 5.69 Å². The fourth-order valence-electron chi connectivity index (χ4n) is 2.92.